The number of allylic oxidation sites excluding steroid dienone is 1. The summed E-state index contributed by atoms with van der Waals surface area (Å²) in [7, 11) is 2.05. The summed E-state index contributed by atoms with van der Waals surface area (Å²) < 4.78 is 0. The van der Waals surface area contributed by atoms with Crippen molar-refractivity contribution in [1.82, 2.24) is 0 Å². The van der Waals surface area contributed by atoms with E-state index in [-0.39, 0.29) is 0 Å². The monoisotopic (exact) mass is 235 g/mol. The molecule has 0 amide bonds. The van der Waals surface area contributed by atoms with E-state index >= 15 is 0 Å². The molecule has 0 aliphatic carbocycles. The van der Waals surface area contributed by atoms with Crippen LogP contribution in [0.25, 0.3) is 0 Å². The molecule has 0 atom stereocenters. The van der Waals surface area contributed by atoms with Gasteiger partial charge in [0.05, 0.1) is 5.88 Å². The molecule has 0 spiro atoms. The molecule has 86 valence electrons. The maximum absolute atomic E-state index is 5.65. The molecule has 1 rings (SSSR count). The highest BCUT2D eigenvalue weighted by Crippen LogP contribution is 2.21. The molecule has 0 saturated heterocycles. The number of rotatable bonds is 5. The third kappa shape index (κ3) is 3.62. The normalized spacial score (nSPS) is 11.9. The van der Waals surface area contributed by atoms with Crippen molar-refractivity contribution in [1.29, 1.82) is 0 Å². The second-order valence-electron chi connectivity index (χ2n) is 3.41. The molecular formula is C12H17N3S. The Bertz CT molecular complexity index is 373. The third-order valence-corrected chi connectivity index (χ3v) is 3.36. The molecule has 0 aliphatic rings. The van der Waals surface area contributed by atoms with Gasteiger partial charge in [-0.25, -0.2) is 4.99 Å². The Morgan fingerprint density at radius 1 is 1.44 bits per heavy atom. The van der Waals surface area contributed by atoms with Crippen LogP contribution in [0.15, 0.2) is 46.1 Å². The third-order valence-electron chi connectivity index (χ3n) is 2.20. The van der Waals surface area contributed by atoms with Crippen LogP contribution in [-0.2, 0) is 0 Å². The highest BCUT2D eigenvalue weighted by molar-refractivity contribution is 8.03. The van der Waals surface area contributed by atoms with E-state index in [2.05, 4.69) is 28.7 Å². The van der Waals surface area contributed by atoms with Crippen molar-refractivity contribution in [3.8, 4) is 0 Å². The maximum atomic E-state index is 5.65. The van der Waals surface area contributed by atoms with Crippen LogP contribution in [0.2, 0.25) is 0 Å². The van der Waals surface area contributed by atoms with E-state index in [0.717, 1.165) is 10.8 Å². The molecular weight excluding hydrogens is 218 g/mol. The van der Waals surface area contributed by atoms with Gasteiger partial charge >= 0.3 is 0 Å². The number of hydrogen-bond donors (Lipinski definition) is 1. The summed E-state index contributed by atoms with van der Waals surface area (Å²) in [4.78, 5) is 6.86. The van der Waals surface area contributed by atoms with Crippen molar-refractivity contribution >= 4 is 24.2 Å². The first-order valence-electron chi connectivity index (χ1n) is 4.97. The first-order valence-corrected chi connectivity index (χ1v) is 5.95. The Balaban J connectivity index is 2.54. The number of thioether (sulfide) groups is 1. The molecule has 4 heteroatoms. The molecule has 1 aromatic rings. The number of nitrogens with zero attached hydrogens (tertiary/aromatic N) is 2. The van der Waals surface area contributed by atoms with Crippen LogP contribution in [0.4, 0.5) is 5.69 Å². The molecule has 3 nitrogen and oxygen atoms in total. The van der Waals surface area contributed by atoms with Gasteiger partial charge in [0.25, 0.3) is 0 Å². The van der Waals surface area contributed by atoms with Crippen molar-refractivity contribution in [2.75, 3.05) is 17.8 Å². The number of nitrogens with two attached hydrogens (primary N) is 1. The fourth-order valence-corrected chi connectivity index (χ4v) is 1.88. The van der Waals surface area contributed by atoms with Gasteiger partial charge in [-0.05, 0) is 25.8 Å². The smallest absolute Gasteiger partial charge is 0.131 e. The first kappa shape index (κ1) is 12.6. The van der Waals surface area contributed by atoms with Gasteiger partial charge in [-0.2, -0.15) is 0 Å². The van der Waals surface area contributed by atoms with Crippen LogP contribution < -0.4 is 10.6 Å². The quantitative estimate of drug-likeness (QED) is 0.630. The van der Waals surface area contributed by atoms with Crippen LogP contribution >= 0.6 is 11.8 Å². The standard InChI is InChI=1S/C12H17N3S/c1-10(12(13)14-2)16-9-15(3)11-7-5-4-6-8-11/h4-8H,2,9,13H2,1,3H3/b12-10-. The summed E-state index contributed by atoms with van der Waals surface area (Å²) in [6.07, 6.45) is 0. The molecule has 1 aromatic carbocycles. The van der Waals surface area contributed by atoms with E-state index < -0.39 is 0 Å². The minimum atomic E-state index is 0.506. The van der Waals surface area contributed by atoms with Crippen molar-refractivity contribution in [3.05, 3.63) is 41.1 Å². The van der Waals surface area contributed by atoms with Gasteiger partial charge in [0, 0.05) is 17.6 Å². The second-order valence-corrected chi connectivity index (χ2v) is 4.57. The highest BCUT2D eigenvalue weighted by Gasteiger charge is 2.02. The van der Waals surface area contributed by atoms with E-state index in [1.807, 2.05) is 32.2 Å². The van der Waals surface area contributed by atoms with E-state index in [0.29, 0.717) is 5.82 Å². The zero-order valence-corrected chi connectivity index (χ0v) is 10.5. The van der Waals surface area contributed by atoms with E-state index in [1.165, 1.54) is 5.69 Å². The van der Waals surface area contributed by atoms with Gasteiger partial charge in [-0.15, -0.1) is 11.8 Å². The number of aliphatic imine (C=N–C) groups is 1. The maximum Gasteiger partial charge on any atom is 0.131 e. The largest absolute Gasteiger partial charge is 0.383 e. The molecule has 0 aromatic heterocycles. The number of para-hydroxylation sites is 1. The zero-order valence-electron chi connectivity index (χ0n) is 9.68. The molecule has 0 aliphatic heterocycles. The van der Waals surface area contributed by atoms with Gasteiger partial charge in [0.15, 0.2) is 0 Å². The minimum absolute atomic E-state index is 0.506. The lowest BCUT2D eigenvalue weighted by molar-refractivity contribution is 1.10. The summed E-state index contributed by atoms with van der Waals surface area (Å²) in [5, 5.41) is 0. The fourth-order valence-electron chi connectivity index (χ4n) is 1.14. The number of benzene rings is 1. The van der Waals surface area contributed by atoms with Crippen molar-refractivity contribution in [2.24, 2.45) is 10.7 Å². The molecule has 2 N–H and O–H groups in total. The van der Waals surface area contributed by atoms with E-state index in [9.17, 15) is 0 Å². The van der Waals surface area contributed by atoms with Crippen molar-refractivity contribution < 1.29 is 0 Å². The molecule has 0 heterocycles. The lowest BCUT2D eigenvalue weighted by atomic mass is 10.3. The Hall–Kier alpha value is -1.42. The summed E-state index contributed by atoms with van der Waals surface area (Å²) in [5.74, 6) is 1.35. The summed E-state index contributed by atoms with van der Waals surface area (Å²) in [6, 6.07) is 10.2. The van der Waals surface area contributed by atoms with Gasteiger partial charge < -0.3 is 10.6 Å². The Labute approximate surface area is 101 Å². The summed E-state index contributed by atoms with van der Waals surface area (Å²) >= 11 is 1.66. The van der Waals surface area contributed by atoms with E-state index in [1.54, 1.807) is 11.8 Å². The topological polar surface area (TPSA) is 41.6 Å². The minimum Gasteiger partial charge on any atom is -0.383 e. The number of anilines is 1. The van der Waals surface area contributed by atoms with Crippen LogP contribution in [0.5, 0.6) is 0 Å². The van der Waals surface area contributed by atoms with Gasteiger partial charge in [0.1, 0.15) is 5.82 Å². The fraction of sp³-hybridized carbons (Fsp3) is 0.250. The highest BCUT2D eigenvalue weighted by atomic mass is 32.2. The van der Waals surface area contributed by atoms with Crippen LogP contribution in [0.3, 0.4) is 0 Å². The summed E-state index contributed by atoms with van der Waals surface area (Å²) in [5.41, 5.74) is 6.84. The van der Waals surface area contributed by atoms with Crippen LogP contribution in [0, 0.1) is 0 Å². The molecule has 0 bridgehead atoms. The van der Waals surface area contributed by atoms with Gasteiger partial charge in [-0.3, -0.25) is 0 Å². The average Bonchev–Trinajstić information content (AvgIpc) is 2.35. The predicted octanol–water partition coefficient (Wildman–Crippen LogP) is 2.66. The Morgan fingerprint density at radius 2 is 2.06 bits per heavy atom. The molecule has 16 heavy (non-hydrogen) atoms. The predicted molar refractivity (Wildman–Crippen MR) is 73.7 cm³/mol. The van der Waals surface area contributed by atoms with Gasteiger partial charge in [-0.1, -0.05) is 18.2 Å². The second kappa shape index (κ2) is 6.23. The van der Waals surface area contributed by atoms with Crippen LogP contribution in [-0.4, -0.2) is 19.6 Å². The molecule has 0 fully saturated rings. The van der Waals surface area contributed by atoms with Crippen molar-refractivity contribution in [2.45, 2.75) is 6.92 Å². The van der Waals surface area contributed by atoms with Crippen molar-refractivity contribution in [3.63, 3.8) is 0 Å². The summed E-state index contributed by atoms with van der Waals surface area (Å²) in [6.45, 7) is 5.36. The van der Waals surface area contributed by atoms with Crippen LogP contribution in [0.1, 0.15) is 6.92 Å². The van der Waals surface area contributed by atoms with E-state index in [4.69, 9.17) is 5.73 Å². The first-order chi connectivity index (χ1) is 7.65. The molecule has 0 unspecified atom stereocenters. The average molecular weight is 235 g/mol. The molecule has 0 radical (unpaired) electrons. The lowest BCUT2D eigenvalue weighted by Gasteiger charge is -2.18. The Morgan fingerprint density at radius 3 is 2.62 bits per heavy atom. The SMILES string of the molecule is C=N/C(N)=C(/C)SCN(C)c1ccccc1. The lowest BCUT2D eigenvalue weighted by Crippen LogP contribution is -2.16. The zero-order chi connectivity index (χ0) is 12.0. The van der Waals surface area contributed by atoms with Gasteiger partial charge in [0.2, 0.25) is 0 Å². The number of hydrogen-bond acceptors (Lipinski definition) is 4. The Kier molecular flexibility index (Phi) is 4.92. The molecule has 0 saturated carbocycles.